The van der Waals surface area contributed by atoms with Crippen LogP contribution in [-0.2, 0) is 4.74 Å². The van der Waals surface area contributed by atoms with E-state index in [0.29, 0.717) is 0 Å². The molecule has 0 saturated carbocycles. The van der Waals surface area contributed by atoms with Gasteiger partial charge in [0.2, 0.25) is 0 Å². The van der Waals surface area contributed by atoms with Gasteiger partial charge in [-0.3, -0.25) is 0 Å². The minimum atomic E-state index is 0.148. The van der Waals surface area contributed by atoms with Crippen molar-refractivity contribution in [1.82, 2.24) is 0 Å². The quantitative estimate of drug-likeness (QED) is 0.734. The van der Waals surface area contributed by atoms with E-state index < -0.39 is 0 Å². The summed E-state index contributed by atoms with van der Waals surface area (Å²) in [5.74, 6) is 0.915. The van der Waals surface area contributed by atoms with Gasteiger partial charge < -0.3 is 14.8 Å². The van der Waals surface area contributed by atoms with Gasteiger partial charge in [-0.15, -0.1) is 0 Å². The van der Waals surface area contributed by atoms with E-state index in [1.807, 2.05) is 0 Å². The highest BCUT2D eigenvalue weighted by atomic mass is 16.5. The van der Waals surface area contributed by atoms with Gasteiger partial charge in [0.1, 0.15) is 5.75 Å². The van der Waals surface area contributed by atoms with Crippen LogP contribution in [0.25, 0.3) is 5.57 Å². The molecule has 0 aromatic heterocycles. The predicted molar refractivity (Wildman–Crippen MR) is 93.7 cm³/mol. The molecule has 1 N–H and O–H groups in total. The number of hydrogen-bond donors (Lipinski definition) is 1. The van der Waals surface area contributed by atoms with Crippen LogP contribution in [0.5, 0.6) is 5.75 Å². The summed E-state index contributed by atoms with van der Waals surface area (Å²) in [6.07, 6.45) is 6.23. The first-order valence-electron chi connectivity index (χ1n) is 8.37. The second kappa shape index (κ2) is 7.68. The molecule has 0 fully saturated rings. The third-order valence-electron chi connectivity index (χ3n) is 4.31. The van der Waals surface area contributed by atoms with Gasteiger partial charge in [0.15, 0.2) is 0 Å². The Morgan fingerprint density at radius 1 is 1.23 bits per heavy atom. The molecule has 0 saturated heterocycles. The maximum absolute atomic E-state index is 5.85. The van der Waals surface area contributed by atoms with Crippen molar-refractivity contribution in [1.29, 1.82) is 0 Å². The largest absolute Gasteiger partial charge is 0.495 e. The number of nitrogens with one attached hydrogen (secondary N) is 1. The molecule has 2 atom stereocenters. The molecule has 1 aliphatic rings. The number of benzene rings is 1. The summed E-state index contributed by atoms with van der Waals surface area (Å²) in [4.78, 5) is 0. The van der Waals surface area contributed by atoms with Gasteiger partial charge in [-0.05, 0) is 56.0 Å². The van der Waals surface area contributed by atoms with Gasteiger partial charge in [-0.2, -0.15) is 0 Å². The Labute approximate surface area is 134 Å². The summed E-state index contributed by atoms with van der Waals surface area (Å²) in [7, 11) is 1.73. The Morgan fingerprint density at radius 2 is 2.00 bits per heavy atom. The van der Waals surface area contributed by atoms with Gasteiger partial charge in [-0.25, -0.2) is 0 Å². The van der Waals surface area contributed by atoms with Crippen molar-refractivity contribution in [2.24, 2.45) is 0 Å². The fourth-order valence-corrected chi connectivity index (χ4v) is 3.11. The van der Waals surface area contributed by atoms with Crippen molar-refractivity contribution >= 4 is 11.3 Å². The second-order valence-corrected chi connectivity index (χ2v) is 6.05. The number of hydrogen-bond acceptors (Lipinski definition) is 3. The summed E-state index contributed by atoms with van der Waals surface area (Å²) in [6, 6.07) is 4.20. The lowest BCUT2D eigenvalue weighted by Gasteiger charge is -2.19. The summed E-state index contributed by atoms with van der Waals surface area (Å²) in [6.45, 7) is 9.58. The Kier molecular flexibility index (Phi) is 5.90. The molecule has 1 heterocycles. The first-order chi connectivity index (χ1) is 10.6. The van der Waals surface area contributed by atoms with Crippen LogP contribution in [0.3, 0.4) is 0 Å². The normalized spacial score (nSPS) is 20.9. The van der Waals surface area contributed by atoms with Crippen molar-refractivity contribution in [2.75, 3.05) is 19.0 Å². The van der Waals surface area contributed by atoms with Crippen LogP contribution in [0.15, 0.2) is 18.2 Å². The molecular formula is C19H29NO2. The Balaban J connectivity index is 2.27. The standard InChI is InChI=1S/C19H29NO2/c1-6-7-8-11-20-19-14(3)16(9-10-18(19)21-5)17-12-13(2)22-15(17)4/h9-10,12-13,15,20H,6-8,11H2,1-5H3. The van der Waals surface area contributed by atoms with E-state index in [-0.39, 0.29) is 12.2 Å². The average molecular weight is 303 g/mol. The minimum Gasteiger partial charge on any atom is -0.495 e. The van der Waals surface area contributed by atoms with Crippen LogP contribution in [0.2, 0.25) is 0 Å². The number of methoxy groups -OCH3 is 1. The second-order valence-electron chi connectivity index (χ2n) is 6.05. The molecule has 22 heavy (non-hydrogen) atoms. The molecule has 1 aromatic rings. The Morgan fingerprint density at radius 3 is 2.59 bits per heavy atom. The minimum absolute atomic E-state index is 0.148. The van der Waals surface area contributed by atoms with Crippen molar-refractivity contribution in [3.05, 3.63) is 29.3 Å². The molecule has 0 radical (unpaired) electrons. The SMILES string of the molecule is CCCCCNc1c(OC)ccc(C2=CC(C)OC2C)c1C. The molecule has 0 spiro atoms. The van der Waals surface area contributed by atoms with Crippen molar-refractivity contribution < 1.29 is 9.47 Å². The number of ether oxygens (including phenoxy) is 2. The van der Waals surface area contributed by atoms with Gasteiger partial charge in [0.05, 0.1) is 25.0 Å². The summed E-state index contributed by atoms with van der Waals surface area (Å²) < 4.78 is 11.4. The molecule has 122 valence electrons. The fourth-order valence-electron chi connectivity index (χ4n) is 3.11. The summed E-state index contributed by atoms with van der Waals surface area (Å²) in [5, 5.41) is 3.56. The van der Waals surface area contributed by atoms with Gasteiger partial charge in [0.25, 0.3) is 0 Å². The predicted octanol–water partition coefficient (Wildman–Crippen LogP) is 4.80. The summed E-state index contributed by atoms with van der Waals surface area (Å²) in [5.41, 5.74) is 4.90. The lowest BCUT2D eigenvalue weighted by molar-refractivity contribution is 0.0865. The van der Waals surface area contributed by atoms with Crippen LogP contribution in [0.1, 0.15) is 51.2 Å². The average Bonchev–Trinajstić information content (AvgIpc) is 2.83. The topological polar surface area (TPSA) is 30.5 Å². The molecule has 3 nitrogen and oxygen atoms in total. The molecule has 0 aliphatic carbocycles. The van der Waals surface area contributed by atoms with Crippen molar-refractivity contribution in [3.8, 4) is 5.75 Å². The lowest BCUT2D eigenvalue weighted by atomic mass is 9.95. The number of unbranched alkanes of at least 4 members (excludes halogenated alkanes) is 2. The fraction of sp³-hybridized carbons (Fsp3) is 0.579. The zero-order valence-corrected chi connectivity index (χ0v) is 14.5. The maximum atomic E-state index is 5.85. The first kappa shape index (κ1) is 16.9. The van der Waals surface area contributed by atoms with Crippen LogP contribution in [0.4, 0.5) is 5.69 Å². The first-order valence-corrected chi connectivity index (χ1v) is 8.37. The van der Waals surface area contributed by atoms with E-state index in [9.17, 15) is 0 Å². The molecule has 3 heteroatoms. The Hall–Kier alpha value is -1.48. The monoisotopic (exact) mass is 303 g/mol. The molecule has 0 bridgehead atoms. The lowest BCUT2D eigenvalue weighted by Crippen LogP contribution is -2.10. The maximum Gasteiger partial charge on any atom is 0.142 e. The van der Waals surface area contributed by atoms with Crippen LogP contribution in [-0.4, -0.2) is 25.9 Å². The highest BCUT2D eigenvalue weighted by Gasteiger charge is 2.24. The van der Waals surface area contributed by atoms with E-state index in [1.54, 1.807) is 7.11 Å². The third kappa shape index (κ3) is 3.64. The van der Waals surface area contributed by atoms with Gasteiger partial charge in [0, 0.05) is 6.54 Å². The zero-order chi connectivity index (χ0) is 16.1. The molecule has 0 amide bonds. The van der Waals surface area contributed by atoms with E-state index in [4.69, 9.17) is 9.47 Å². The van der Waals surface area contributed by atoms with E-state index >= 15 is 0 Å². The van der Waals surface area contributed by atoms with E-state index in [1.165, 1.54) is 36.0 Å². The van der Waals surface area contributed by atoms with E-state index in [0.717, 1.165) is 18.0 Å². The Bertz CT molecular complexity index is 536. The van der Waals surface area contributed by atoms with Gasteiger partial charge >= 0.3 is 0 Å². The van der Waals surface area contributed by atoms with Crippen LogP contribution < -0.4 is 10.1 Å². The zero-order valence-electron chi connectivity index (χ0n) is 14.5. The highest BCUT2D eigenvalue weighted by molar-refractivity contribution is 5.79. The molecule has 1 aliphatic heterocycles. The molecular weight excluding hydrogens is 274 g/mol. The van der Waals surface area contributed by atoms with Crippen molar-refractivity contribution in [3.63, 3.8) is 0 Å². The number of anilines is 1. The molecule has 2 unspecified atom stereocenters. The molecule has 1 aromatic carbocycles. The van der Waals surface area contributed by atoms with E-state index in [2.05, 4.69) is 51.2 Å². The highest BCUT2D eigenvalue weighted by Crippen LogP contribution is 2.37. The third-order valence-corrected chi connectivity index (χ3v) is 4.31. The van der Waals surface area contributed by atoms with Gasteiger partial charge in [-0.1, -0.05) is 25.8 Å². The van der Waals surface area contributed by atoms with Crippen molar-refractivity contribution in [2.45, 2.75) is 59.2 Å². The smallest absolute Gasteiger partial charge is 0.142 e. The summed E-state index contributed by atoms with van der Waals surface area (Å²) >= 11 is 0. The van der Waals surface area contributed by atoms with Crippen LogP contribution in [0, 0.1) is 6.92 Å². The molecule has 2 rings (SSSR count). The number of rotatable bonds is 7. The van der Waals surface area contributed by atoms with Crippen LogP contribution >= 0.6 is 0 Å².